The third-order valence-corrected chi connectivity index (χ3v) is 5.29. The van der Waals surface area contributed by atoms with Gasteiger partial charge in [-0.2, -0.15) is 0 Å². The Morgan fingerprint density at radius 1 is 1.12 bits per heavy atom. The zero-order valence-electron chi connectivity index (χ0n) is 14.2. The van der Waals surface area contributed by atoms with Crippen LogP contribution < -0.4 is 5.32 Å². The molecule has 1 N–H and O–H groups in total. The number of aryl methyl sites for hydroxylation is 1. The molecule has 0 unspecified atom stereocenters. The SMILES string of the molecule is CCOC(=O)c1c(NC(=O)OCc2ccccc2)sc2c1CCCC2. The molecule has 3 rings (SSSR count). The molecule has 25 heavy (non-hydrogen) atoms. The number of thiophene rings is 1. The van der Waals surface area contributed by atoms with Gasteiger partial charge in [0.1, 0.15) is 11.6 Å². The van der Waals surface area contributed by atoms with E-state index >= 15 is 0 Å². The van der Waals surface area contributed by atoms with E-state index in [-0.39, 0.29) is 12.6 Å². The van der Waals surface area contributed by atoms with E-state index in [9.17, 15) is 9.59 Å². The van der Waals surface area contributed by atoms with Crippen LogP contribution in [0.5, 0.6) is 0 Å². The van der Waals surface area contributed by atoms with E-state index in [1.54, 1.807) is 6.92 Å². The van der Waals surface area contributed by atoms with Crippen molar-refractivity contribution in [1.29, 1.82) is 0 Å². The molecule has 0 saturated carbocycles. The summed E-state index contributed by atoms with van der Waals surface area (Å²) in [5.74, 6) is -0.375. The molecular weight excluding hydrogens is 338 g/mol. The minimum Gasteiger partial charge on any atom is -0.462 e. The van der Waals surface area contributed by atoms with Crippen LogP contribution in [0.25, 0.3) is 0 Å². The van der Waals surface area contributed by atoms with Crippen LogP contribution >= 0.6 is 11.3 Å². The molecule has 5 nitrogen and oxygen atoms in total. The lowest BCUT2D eigenvalue weighted by atomic mass is 9.95. The van der Waals surface area contributed by atoms with Gasteiger partial charge in [0.2, 0.25) is 0 Å². The predicted molar refractivity (Wildman–Crippen MR) is 97.2 cm³/mol. The van der Waals surface area contributed by atoms with Crippen molar-refractivity contribution in [3.63, 3.8) is 0 Å². The molecule has 2 aromatic rings. The highest BCUT2D eigenvalue weighted by atomic mass is 32.1. The Morgan fingerprint density at radius 2 is 1.88 bits per heavy atom. The molecule has 1 aromatic heterocycles. The largest absolute Gasteiger partial charge is 0.462 e. The number of benzene rings is 1. The molecule has 0 saturated heterocycles. The molecule has 1 aromatic carbocycles. The molecule has 1 heterocycles. The highest BCUT2D eigenvalue weighted by Crippen LogP contribution is 2.38. The monoisotopic (exact) mass is 359 g/mol. The van der Waals surface area contributed by atoms with Gasteiger partial charge in [-0.25, -0.2) is 9.59 Å². The summed E-state index contributed by atoms with van der Waals surface area (Å²) in [5, 5.41) is 3.26. The van der Waals surface area contributed by atoms with Crippen molar-refractivity contribution in [2.45, 2.75) is 39.2 Å². The van der Waals surface area contributed by atoms with Gasteiger partial charge in [-0.3, -0.25) is 5.32 Å². The Balaban J connectivity index is 1.73. The summed E-state index contributed by atoms with van der Waals surface area (Å²) in [7, 11) is 0. The average molecular weight is 359 g/mol. The van der Waals surface area contributed by atoms with Crippen molar-refractivity contribution in [2.24, 2.45) is 0 Å². The number of amides is 1. The van der Waals surface area contributed by atoms with Crippen LogP contribution in [0.3, 0.4) is 0 Å². The van der Waals surface area contributed by atoms with E-state index in [2.05, 4.69) is 5.32 Å². The third-order valence-electron chi connectivity index (χ3n) is 4.08. The number of rotatable bonds is 5. The van der Waals surface area contributed by atoms with Crippen molar-refractivity contribution in [2.75, 3.05) is 11.9 Å². The Hall–Kier alpha value is -2.34. The van der Waals surface area contributed by atoms with Gasteiger partial charge in [-0.05, 0) is 43.7 Å². The third kappa shape index (κ3) is 4.20. The van der Waals surface area contributed by atoms with Crippen molar-refractivity contribution >= 4 is 28.4 Å². The van der Waals surface area contributed by atoms with Gasteiger partial charge in [-0.1, -0.05) is 30.3 Å². The zero-order valence-corrected chi connectivity index (χ0v) is 15.0. The van der Waals surface area contributed by atoms with Crippen LogP contribution in [0, 0.1) is 0 Å². The fraction of sp³-hybridized carbons (Fsp3) is 0.368. The van der Waals surface area contributed by atoms with Gasteiger partial charge in [0, 0.05) is 4.88 Å². The summed E-state index contributed by atoms with van der Waals surface area (Å²) in [6.45, 7) is 2.27. The second-order valence-electron chi connectivity index (χ2n) is 5.82. The van der Waals surface area contributed by atoms with Gasteiger partial charge in [-0.15, -0.1) is 11.3 Å². The van der Waals surface area contributed by atoms with Crippen LogP contribution in [-0.2, 0) is 28.9 Å². The maximum absolute atomic E-state index is 12.4. The molecule has 0 fully saturated rings. The summed E-state index contributed by atoms with van der Waals surface area (Å²) in [6.07, 6.45) is 3.38. The number of esters is 1. The van der Waals surface area contributed by atoms with E-state index in [0.29, 0.717) is 17.2 Å². The minimum absolute atomic E-state index is 0.187. The van der Waals surface area contributed by atoms with Crippen LogP contribution in [0.4, 0.5) is 9.80 Å². The number of fused-ring (bicyclic) bond motifs is 1. The van der Waals surface area contributed by atoms with Crippen LogP contribution in [0.1, 0.15) is 46.1 Å². The molecule has 0 spiro atoms. The first kappa shape index (κ1) is 17.5. The lowest BCUT2D eigenvalue weighted by Gasteiger charge is -2.12. The Morgan fingerprint density at radius 3 is 2.64 bits per heavy atom. The number of hydrogen-bond donors (Lipinski definition) is 1. The standard InChI is InChI=1S/C19H21NO4S/c1-2-23-18(21)16-14-10-6-7-11-15(14)25-17(16)20-19(22)24-12-13-8-4-3-5-9-13/h3-5,8-9H,2,6-7,10-12H2,1H3,(H,20,22). The summed E-state index contributed by atoms with van der Waals surface area (Å²) in [4.78, 5) is 25.7. The summed E-state index contributed by atoms with van der Waals surface area (Å²) < 4.78 is 10.4. The molecule has 0 atom stereocenters. The van der Waals surface area contributed by atoms with Gasteiger partial charge >= 0.3 is 12.1 Å². The van der Waals surface area contributed by atoms with E-state index < -0.39 is 6.09 Å². The first-order chi connectivity index (χ1) is 12.2. The van der Waals surface area contributed by atoms with Crippen LogP contribution in [0.15, 0.2) is 30.3 Å². The van der Waals surface area contributed by atoms with E-state index in [0.717, 1.165) is 41.7 Å². The molecule has 132 valence electrons. The first-order valence-corrected chi connectivity index (χ1v) is 9.30. The van der Waals surface area contributed by atoms with Gasteiger partial charge in [0.15, 0.2) is 0 Å². The van der Waals surface area contributed by atoms with E-state index in [1.807, 2.05) is 30.3 Å². The molecule has 6 heteroatoms. The Bertz CT molecular complexity index is 754. The topological polar surface area (TPSA) is 64.6 Å². The lowest BCUT2D eigenvalue weighted by molar-refractivity contribution is 0.0526. The fourth-order valence-electron chi connectivity index (χ4n) is 2.93. The number of carbonyl (C=O) groups excluding carboxylic acids is 2. The highest BCUT2D eigenvalue weighted by molar-refractivity contribution is 7.17. The first-order valence-electron chi connectivity index (χ1n) is 8.48. The molecular formula is C19H21NO4S. The summed E-state index contributed by atoms with van der Waals surface area (Å²) in [6, 6.07) is 9.47. The van der Waals surface area contributed by atoms with Gasteiger partial charge in [0.25, 0.3) is 0 Å². The highest BCUT2D eigenvalue weighted by Gasteiger charge is 2.27. The van der Waals surface area contributed by atoms with E-state index in [1.165, 1.54) is 11.3 Å². The number of ether oxygens (including phenoxy) is 2. The van der Waals surface area contributed by atoms with E-state index in [4.69, 9.17) is 9.47 Å². The molecule has 0 aliphatic heterocycles. The van der Waals surface area contributed by atoms with Crippen molar-refractivity contribution < 1.29 is 19.1 Å². The summed E-state index contributed by atoms with van der Waals surface area (Å²) >= 11 is 1.45. The number of hydrogen-bond acceptors (Lipinski definition) is 5. The van der Waals surface area contributed by atoms with Crippen LogP contribution in [-0.4, -0.2) is 18.7 Å². The van der Waals surface area contributed by atoms with Crippen LogP contribution in [0.2, 0.25) is 0 Å². The predicted octanol–water partition coefficient (Wildman–Crippen LogP) is 4.55. The lowest BCUT2D eigenvalue weighted by Crippen LogP contribution is -2.16. The Labute approximate surface area is 151 Å². The zero-order chi connectivity index (χ0) is 17.6. The van der Waals surface area contributed by atoms with Crippen molar-refractivity contribution in [1.82, 2.24) is 0 Å². The molecule has 1 amide bonds. The average Bonchev–Trinajstić information content (AvgIpc) is 2.99. The van der Waals surface area contributed by atoms with Gasteiger partial charge < -0.3 is 9.47 Å². The van der Waals surface area contributed by atoms with Crippen molar-refractivity contribution in [3.05, 3.63) is 51.9 Å². The van der Waals surface area contributed by atoms with Gasteiger partial charge in [0.05, 0.1) is 12.2 Å². The number of carbonyl (C=O) groups is 2. The second-order valence-corrected chi connectivity index (χ2v) is 6.93. The Kier molecular flexibility index (Phi) is 5.71. The maximum Gasteiger partial charge on any atom is 0.412 e. The van der Waals surface area contributed by atoms with Crippen molar-refractivity contribution in [3.8, 4) is 0 Å². The fourth-order valence-corrected chi connectivity index (χ4v) is 4.19. The molecule has 1 aliphatic carbocycles. The number of anilines is 1. The normalized spacial score (nSPS) is 13.0. The summed E-state index contributed by atoms with van der Waals surface area (Å²) in [5.41, 5.74) is 2.43. The smallest absolute Gasteiger partial charge is 0.412 e. The number of nitrogens with one attached hydrogen (secondary N) is 1. The quantitative estimate of drug-likeness (QED) is 0.795. The molecule has 0 bridgehead atoms. The molecule has 0 radical (unpaired) electrons. The maximum atomic E-state index is 12.4. The molecule has 1 aliphatic rings. The second kappa shape index (κ2) is 8.16. The minimum atomic E-state index is -0.562.